The maximum atomic E-state index is 12.1. The Hall–Kier alpha value is -1.89. The highest BCUT2D eigenvalue weighted by molar-refractivity contribution is 7.16. The molecule has 1 aromatic carbocycles. The van der Waals surface area contributed by atoms with Crippen molar-refractivity contribution in [2.24, 2.45) is 11.3 Å². The molecule has 0 unspecified atom stereocenters. The highest BCUT2D eigenvalue weighted by Crippen LogP contribution is 2.46. The average molecular weight is 360 g/mol. The second-order valence-electron chi connectivity index (χ2n) is 7.15. The zero-order chi connectivity index (χ0) is 18.0. The third kappa shape index (κ3) is 3.71. The SMILES string of the molecule is CC1(C)CCc2sc(-c3ccccc3OCCNN)c(C(=O)O)c2C1. The molecule has 1 aliphatic carbocycles. The van der Waals surface area contributed by atoms with E-state index in [1.807, 2.05) is 24.3 Å². The van der Waals surface area contributed by atoms with Gasteiger partial charge in [0.25, 0.3) is 0 Å². The van der Waals surface area contributed by atoms with Crippen LogP contribution in [0.5, 0.6) is 5.75 Å². The van der Waals surface area contributed by atoms with Crippen LogP contribution >= 0.6 is 11.3 Å². The van der Waals surface area contributed by atoms with Gasteiger partial charge in [-0.3, -0.25) is 11.3 Å². The maximum Gasteiger partial charge on any atom is 0.337 e. The molecule has 0 aliphatic heterocycles. The number of ether oxygens (including phenoxy) is 1. The van der Waals surface area contributed by atoms with Crippen molar-refractivity contribution in [2.45, 2.75) is 33.1 Å². The third-order valence-electron chi connectivity index (χ3n) is 4.62. The van der Waals surface area contributed by atoms with Gasteiger partial charge in [-0.1, -0.05) is 26.0 Å². The van der Waals surface area contributed by atoms with Crippen molar-refractivity contribution >= 4 is 17.3 Å². The van der Waals surface area contributed by atoms with Crippen molar-refractivity contribution < 1.29 is 14.6 Å². The topological polar surface area (TPSA) is 84.6 Å². The van der Waals surface area contributed by atoms with Gasteiger partial charge in [0.1, 0.15) is 12.4 Å². The first-order valence-electron chi connectivity index (χ1n) is 8.46. The summed E-state index contributed by atoms with van der Waals surface area (Å²) in [6, 6.07) is 7.61. The molecule has 0 saturated heterocycles. The minimum absolute atomic E-state index is 0.137. The number of aromatic carboxylic acids is 1. The summed E-state index contributed by atoms with van der Waals surface area (Å²) in [6.45, 7) is 5.36. The van der Waals surface area contributed by atoms with E-state index in [4.69, 9.17) is 10.6 Å². The number of carbonyl (C=O) groups is 1. The van der Waals surface area contributed by atoms with Crippen molar-refractivity contribution in [2.75, 3.05) is 13.2 Å². The normalized spacial score (nSPS) is 15.6. The lowest BCUT2D eigenvalue weighted by molar-refractivity contribution is 0.0696. The summed E-state index contributed by atoms with van der Waals surface area (Å²) < 4.78 is 5.81. The third-order valence-corrected chi connectivity index (χ3v) is 5.95. The van der Waals surface area contributed by atoms with Gasteiger partial charge < -0.3 is 9.84 Å². The highest BCUT2D eigenvalue weighted by atomic mass is 32.1. The van der Waals surface area contributed by atoms with Crippen LogP contribution in [0.2, 0.25) is 0 Å². The molecule has 0 spiro atoms. The van der Waals surface area contributed by atoms with E-state index < -0.39 is 5.97 Å². The van der Waals surface area contributed by atoms with Crippen LogP contribution < -0.4 is 16.0 Å². The molecule has 3 rings (SSSR count). The van der Waals surface area contributed by atoms with Crippen LogP contribution in [0.1, 0.15) is 41.1 Å². The van der Waals surface area contributed by atoms with E-state index in [1.165, 1.54) is 4.88 Å². The molecule has 0 saturated carbocycles. The number of hydrogen-bond acceptors (Lipinski definition) is 5. The highest BCUT2D eigenvalue weighted by Gasteiger charge is 2.33. The van der Waals surface area contributed by atoms with E-state index in [-0.39, 0.29) is 5.41 Å². The van der Waals surface area contributed by atoms with Crippen LogP contribution in [-0.4, -0.2) is 24.2 Å². The summed E-state index contributed by atoms with van der Waals surface area (Å²) in [5.41, 5.74) is 4.99. The number of fused-ring (bicyclic) bond motifs is 1. The van der Waals surface area contributed by atoms with Gasteiger partial charge in [-0.25, -0.2) is 4.79 Å². The minimum Gasteiger partial charge on any atom is -0.492 e. The predicted molar refractivity (Wildman–Crippen MR) is 100 cm³/mol. The minimum atomic E-state index is -0.858. The standard InChI is InChI=1S/C19H24N2O3S/c1-19(2)8-7-15-13(11-19)16(18(22)23)17(25-15)12-5-3-4-6-14(12)24-10-9-21-20/h3-6,21H,7-11,20H2,1-2H3,(H,22,23). The molecule has 25 heavy (non-hydrogen) atoms. The summed E-state index contributed by atoms with van der Waals surface area (Å²) in [5.74, 6) is 5.13. The van der Waals surface area contributed by atoms with Crippen molar-refractivity contribution in [3.63, 3.8) is 0 Å². The second kappa shape index (κ2) is 7.15. The Morgan fingerprint density at radius 2 is 2.16 bits per heavy atom. The molecule has 5 nitrogen and oxygen atoms in total. The summed E-state index contributed by atoms with van der Waals surface area (Å²) in [5, 5.41) is 9.89. The smallest absolute Gasteiger partial charge is 0.337 e. The molecule has 4 N–H and O–H groups in total. The van der Waals surface area contributed by atoms with Gasteiger partial charge >= 0.3 is 5.97 Å². The monoisotopic (exact) mass is 360 g/mol. The number of aryl methyl sites for hydroxylation is 1. The zero-order valence-electron chi connectivity index (χ0n) is 14.6. The van der Waals surface area contributed by atoms with Crippen LogP contribution in [0.4, 0.5) is 0 Å². The van der Waals surface area contributed by atoms with Gasteiger partial charge in [0, 0.05) is 17.0 Å². The Morgan fingerprint density at radius 1 is 1.40 bits per heavy atom. The van der Waals surface area contributed by atoms with E-state index in [2.05, 4.69) is 19.3 Å². The lowest BCUT2D eigenvalue weighted by Crippen LogP contribution is -2.27. The molecular weight excluding hydrogens is 336 g/mol. The Kier molecular flexibility index (Phi) is 5.13. The first kappa shape index (κ1) is 17.9. The van der Waals surface area contributed by atoms with E-state index in [0.717, 1.165) is 35.3 Å². The number of rotatable bonds is 6. The molecule has 1 aliphatic rings. The maximum absolute atomic E-state index is 12.1. The fourth-order valence-electron chi connectivity index (χ4n) is 3.34. The first-order chi connectivity index (χ1) is 11.9. The van der Waals surface area contributed by atoms with Crippen LogP contribution in [0.25, 0.3) is 10.4 Å². The first-order valence-corrected chi connectivity index (χ1v) is 9.28. The predicted octanol–water partition coefficient (Wildman–Crippen LogP) is 3.47. The molecule has 0 fully saturated rings. The molecule has 0 radical (unpaired) electrons. The van der Waals surface area contributed by atoms with Gasteiger partial charge in [-0.15, -0.1) is 11.3 Å². The van der Waals surface area contributed by atoms with Crippen LogP contribution in [0.3, 0.4) is 0 Å². The van der Waals surface area contributed by atoms with E-state index in [0.29, 0.717) is 24.5 Å². The summed E-state index contributed by atoms with van der Waals surface area (Å²) in [7, 11) is 0. The molecule has 2 aromatic rings. The quantitative estimate of drug-likeness (QED) is 0.417. The summed E-state index contributed by atoms with van der Waals surface area (Å²) >= 11 is 1.60. The number of benzene rings is 1. The van der Waals surface area contributed by atoms with E-state index in [1.54, 1.807) is 11.3 Å². The van der Waals surface area contributed by atoms with Crippen molar-refractivity contribution in [3.05, 3.63) is 40.3 Å². The molecule has 134 valence electrons. The van der Waals surface area contributed by atoms with Gasteiger partial charge in [0.15, 0.2) is 0 Å². The Labute approximate surface area is 151 Å². The number of carboxylic acid groups (broad SMARTS) is 1. The number of nitrogens with one attached hydrogen (secondary N) is 1. The van der Waals surface area contributed by atoms with E-state index >= 15 is 0 Å². The molecular formula is C19H24N2O3S. The van der Waals surface area contributed by atoms with Gasteiger partial charge in [0.2, 0.25) is 0 Å². The molecule has 0 bridgehead atoms. The summed E-state index contributed by atoms with van der Waals surface area (Å²) in [6.07, 6.45) is 2.83. The fourth-order valence-corrected chi connectivity index (χ4v) is 4.68. The van der Waals surface area contributed by atoms with Crippen LogP contribution in [-0.2, 0) is 12.8 Å². The Balaban J connectivity index is 2.07. The fraction of sp³-hybridized carbons (Fsp3) is 0.421. The summed E-state index contributed by atoms with van der Waals surface area (Å²) in [4.78, 5) is 14.0. The number of para-hydroxylation sites is 1. The lowest BCUT2D eigenvalue weighted by atomic mass is 9.76. The Bertz CT molecular complexity index is 783. The number of carboxylic acids is 1. The lowest BCUT2D eigenvalue weighted by Gasteiger charge is -2.29. The molecule has 0 atom stereocenters. The van der Waals surface area contributed by atoms with Crippen molar-refractivity contribution in [1.29, 1.82) is 0 Å². The zero-order valence-corrected chi connectivity index (χ0v) is 15.4. The average Bonchev–Trinajstić information content (AvgIpc) is 2.93. The molecule has 1 heterocycles. The van der Waals surface area contributed by atoms with Gasteiger partial charge in [0.05, 0.1) is 10.4 Å². The Morgan fingerprint density at radius 3 is 2.88 bits per heavy atom. The molecule has 0 amide bonds. The van der Waals surface area contributed by atoms with Crippen molar-refractivity contribution in [1.82, 2.24) is 5.43 Å². The number of hydrogen-bond donors (Lipinski definition) is 3. The number of thiophene rings is 1. The number of hydrazine groups is 1. The van der Waals surface area contributed by atoms with Crippen LogP contribution in [0.15, 0.2) is 24.3 Å². The van der Waals surface area contributed by atoms with Crippen molar-refractivity contribution in [3.8, 4) is 16.2 Å². The second-order valence-corrected chi connectivity index (χ2v) is 8.26. The largest absolute Gasteiger partial charge is 0.492 e. The molecule has 6 heteroatoms. The molecule has 1 aromatic heterocycles. The van der Waals surface area contributed by atoms with E-state index in [9.17, 15) is 9.90 Å². The van der Waals surface area contributed by atoms with Gasteiger partial charge in [-0.05, 0) is 42.4 Å². The van der Waals surface area contributed by atoms with Gasteiger partial charge in [-0.2, -0.15) is 0 Å². The van der Waals surface area contributed by atoms with Crippen LogP contribution in [0, 0.1) is 5.41 Å². The number of nitrogens with two attached hydrogens (primary N) is 1.